The topological polar surface area (TPSA) is 54.6 Å². The van der Waals surface area contributed by atoms with Crippen molar-refractivity contribution >= 4 is 11.6 Å². The number of hydrogen-bond donors (Lipinski definition) is 1. The normalized spacial score (nSPS) is 12.4. The van der Waals surface area contributed by atoms with E-state index in [1.807, 2.05) is 59.3 Å². The van der Waals surface area contributed by atoms with Crippen molar-refractivity contribution in [2.24, 2.45) is 0 Å². The number of carboxylic acids is 1. The van der Waals surface area contributed by atoms with Gasteiger partial charge in [0.25, 0.3) is 0 Å². The van der Waals surface area contributed by atoms with Crippen molar-refractivity contribution in [3.8, 4) is 11.3 Å². The molecule has 100 valence electrons. The Labute approximate surface area is 116 Å². The molecule has 3 aromatic rings. The molecule has 0 aliphatic heterocycles. The van der Waals surface area contributed by atoms with Crippen LogP contribution in [0.1, 0.15) is 18.4 Å². The molecule has 20 heavy (non-hydrogen) atoms. The molecule has 0 saturated carbocycles. The molecule has 1 atom stereocenters. The number of fused-ring (bicyclic) bond motifs is 1. The van der Waals surface area contributed by atoms with Crippen molar-refractivity contribution in [3.05, 3.63) is 60.4 Å². The van der Waals surface area contributed by atoms with Gasteiger partial charge in [-0.2, -0.15) is 0 Å². The molecule has 2 aromatic heterocycles. The van der Waals surface area contributed by atoms with Crippen molar-refractivity contribution < 1.29 is 9.90 Å². The van der Waals surface area contributed by atoms with Crippen molar-refractivity contribution in [2.45, 2.75) is 12.8 Å². The van der Waals surface area contributed by atoms with Gasteiger partial charge in [-0.3, -0.25) is 4.79 Å². The zero-order chi connectivity index (χ0) is 14.1. The summed E-state index contributed by atoms with van der Waals surface area (Å²) in [6.45, 7) is 1.68. The standard InChI is InChI=1S/C16H14N2O2/c1-11(16(19)20)12-5-7-13(8-6-12)14-10-18-9-3-2-4-15(18)17-14/h2-11H,1H3,(H,19,20). The van der Waals surface area contributed by atoms with Crippen LogP contribution in [0.5, 0.6) is 0 Å². The summed E-state index contributed by atoms with van der Waals surface area (Å²) in [6.07, 6.45) is 3.91. The molecule has 0 fully saturated rings. The predicted molar refractivity (Wildman–Crippen MR) is 76.7 cm³/mol. The average molecular weight is 266 g/mol. The lowest BCUT2D eigenvalue weighted by Crippen LogP contribution is -2.06. The first-order chi connectivity index (χ1) is 9.65. The lowest BCUT2D eigenvalue weighted by Gasteiger charge is -2.06. The minimum atomic E-state index is -0.814. The number of carbonyl (C=O) groups is 1. The first kappa shape index (κ1) is 12.4. The summed E-state index contributed by atoms with van der Waals surface area (Å²) in [4.78, 5) is 15.5. The summed E-state index contributed by atoms with van der Waals surface area (Å²) in [5.41, 5.74) is 3.55. The Kier molecular flexibility index (Phi) is 2.99. The van der Waals surface area contributed by atoms with Gasteiger partial charge in [0.05, 0.1) is 11.6 Å². The van der Waals surface area contributed by atoms with E-state index in [4.69, 9.17) is 5.11 Å². The third-order valence-corrected chi connectivity index (χ3v) is 3.44. The van der Waals surface area contributed by atoms with Crippen LogP contribution >= 0.6 is 0 Å². The highest BCUT2D eigenvalue weighted by Crippen LogP contribution is 2.22. The van der Waals surface area contributed by atoms with Crippen molar-refractivity contribution in [3.63, 3.8) is 0 Å². The van der Waals surface area contributed by atoms with Gasteiger partial charge in [0.1, 0.15) is 5.65 Å². The van der Waals surface area contributed by atoms with E-state index in [0.29, 0.717) is 0 Å². The van der Waals surface area contributed by atoms with E-state index < -0.39 is 11.9 Å². The molecule has 1 N–H and O–H groups in total. The third kappa shape index (κ3) is 2.16. The molecule has 0 bridgehead atoms. The molecule has 0 spiro atoms. The average Bonchev–Trinajstić information content (AvgIpc) is 2.90. The van der Waals surface area contributed by atoms with Crippen LogP contribution in [-0.4, -0.2) is 20.5 Å². The SMILES string of the molecule is CC(C(=O)O)c1ccc(-c2cn3ccccc3n2)cc1. The highest BCUT2D eigenvalue weighted by molar-refractivity contribution is 5.76. The molecule has 0 saturated heterocycles. The van der Waals surface area contributed by atoms with Crippen LogP contribution in [-0.2, 0) is 4.79 Å². The van der Waals surface area contributed by atoms with Gasteiger partial charge in [-0.15, -0.1) is 0 Å². The third-order valence-electron chi connectivity index (χ3n) is 3.44. The molecule has 4 nitrogen and oxygen atoms in total. The lowest BCUT2D eigenvalue weighted by atomic mass is 9.99. The Morgan fingerprint density at radius 2 is 1.95 bits per heavy atom. The summed E-state index contributed by atoms with van der Waals surface area (Å²) in [6, 6.07) is 13.4. The van der Waals surface area contributed by atoms with Crippen LogP contribution in [0.2, 0.25) is 0 Å². The first-order valence-corrected chi connectivity index (χ1v) is 6.42. The van der Waals surface area contributed by atoms with Crippen molar-refractivity contribution in [1.29, 1.82) is 0 Å². The summed E-state index contributed by atoms with van der Waals surface area (Å²) in [5.74, 6) is -1.31. The van der Waals surface area contributed by atoms with Gasteiger partial charge in [0.15, 0.2) is 0 Å². The molecule has 4 heteroatoms. The molecule has 0 aliphatic rings. The van der Waals surface area contributed by atoms with Gasteiger partial charge in [0, 0.05) is 18.0 Å². The van der Waals surface area contributed by atoms with E-state index in [1.165, 1.54) is 0 Å². The van der Waals surface area contributed by atoms with Crippen LogP contribution in [0, 0.1) is 0 Å². The highest BCUT2D eigenvalue weighted by Gasteiger charge is 2.13. The summed E-state index contributed by atoms with van der Waals surface area (Å²) in [5, 5.41) is 9.00. The molecule has 1 aromatic carbocycles. The molecular formula is C16H14N2O2. The molecule has 0 aliphatic carbocycles. The van der Waals surface area contributed by atoms with Gasteiger partial charge in [-0.1, -0.05) is 30.3 Å². The fraction of sp³-hybridized carbons (Fsp3) is 0.125. The number of hydrogen-bond acceptors (Lipinski definition) is 2. The van der Waals surface area contributed by atoms with Crippen LogP contribution < -0.4 is 0 Å². The lowest BCUT2D eigenvalue weighted by molar-refractivity contribution is -0.138. The number of aliphatic carboxylic acids is 1. The van der Waals surface area contributed by atoms with Gasteiger partial charge < -0.3 is 9.51 Å². The zero-order valence-electron chi connectivity index (χ0n) is 11.0. The number of nitrogens with zero attached hydrogens (tertiary/aromatic N) is 2. The Morgan fingerprint density at radius 1 is 1.20 bits per heavy atom. The Morgan fingerprint density at radius 3 is 2.60 bits per heavy atom. The van der Waals surface area contributed by atoms with E-state index >= 15 is 0 Å². The highest BCUT2D eigenvalue weighted by atomic mass is 16.4. The maximum Gasteiger partial charge on any atom is 0.310 e. The van der Waals surface area contributed by atoms with E-state index in [0.717, 1.165) is 22.5 Å². The summed E-state index contributed by atoms with van der Waals surface area (Å²) >= 11 is 0. The van der Waals surface area contributed by atoms with Crippen molar-refractivity contribution in [1.82, 2.24) is 9.38 Å². The minimum Gasteiger partial charge on any atom is -0.481 e. The van der Waals surface area contributed by atoms with E-state index in [2.05, 4.69) is 4.98 Å². The Balaban J connectivity index is 1.96. The molecule has 3 rings (SSSR count). The number of carboxylic acid groups (broad SMARTS) is 1. The zero-order valence-corrected chi connectivity index (χ0v) is 11.0. The Hall–Kier alpha value is -2.62. The van der Waals surface area contributed by atoms with Crippen molar-refractivity contribution in [2.75, 3.05) is 0 Å². The van der Waals surface area contributed by atoms with E-state index in [9.17, 15) is 4.79 Å². The minimum absolute atomic E-state index is 0.495. The second-order valence-corrected chi connectivity index (χ2v) is 4.77. The maximum atomic E-state index is 11.0. The maximum absolute atomic E-state index is 11.0. The van der Waals surface area contributed by atoms with E-state index in [-0.39, 0.29) is 0 Å². The van der Waals surface area contributed by atoms with Gasteiger partial charge in [0.2, 0.25) is 0 Å². The van der Waals surface area contributed by atoms with Crippen LogP contribution in [0.25, 0.3) is 16.9 Å². The van der Waals surface area contributed by atoms with Crippen LogP contribution in [0.15, 0.2) is 54.9 Å². The second-order valence-electron chi connectivity index (χ2n) is 4.77. The predicted octanol–water partition coefficient (Wildman–Crippen LogP) is 3.19. The van der Waals surface area contributed by atoms with Gasteiger partial charge >= 0.3 is 5.97 Å². The van der Waals surface area contributed by atoms with Crippen LogP contribution in [0.3, 0.4) is 0 Å². The number of rotatable bonds is 3. The number of imidazole rings is 1. The quantitative estimate of drug-likeness (QED) is 0.792. The molecule has 0 radical (unpaired) electrons. The Bertz CT molecular complexity index is 727. The monoisotopic (exact) mass is 266 g/mol. The van der Waals surface area contributed by atoms with Gasteiger partial charge in [-0.25, -0.2) is 4.98 Å². The van der Waals surface area contributed by atoms with E-state index in [1.54, 1.807) is 6.92 Å². The second kappa shape index (κ2) is 4.81. The fourth-order valence-corrected chi connectivity index (χ4v) is 2.16. The number of benzene rings is 1. The molecule has 0 amide bonds. The van der Waals surface area contributed by atoms with Gasteiger partial charge in [-0.05, 0) is 24.6 Å². The molecule has 2 heterocycles. The summed E-state index contributed by atoms with van der Waals surface area (Å²) in [7, 11) is 0. The summed E-state index contributed by atoms with van der Waals surface area (Å²) < 4.78 is 1.96. The van der Waals surface area contributed by atoms with Crippen LogP contribution in [0.4, 0.5) is 0 Å². The molecule has 1 unspecified atom stereocenters. The first-order valence-electron chi connectivity index (χ1n) is 6.42. The largest absolute Gasteiger partial charge is 0.481 e. The number of aromatic nitrogens is 2. The molecular weight excluding hydrogens is 252 g/mol. The fourth-order valence-electron chi connectivity index (χ4n) is 2.16. The number of pyridine rings is 1. The smallest absolute Gasteiger partial charge is 0.310 e.